The van der Waals surface area contributed by atoms with Crippen molar-refractivity contribution in [2.24, 2.45) is 23.7 Å². The molecule has 29 nitrogen and oxygen atoms in total. The molecule has 1 aromatic heterocycles. The van der Waals surface area contributed by atoms with Crippen LogP contribution in [-0.2, 0) is 59.0 Å². The Labute approximate surface area is 548 Å². The topological polar surface area (TPSA) is 432 Å². The molecule has 1 fully saturated rings. The van der Waals surface area contributed by atoms with Crippen LogP contribution in [0.25, 0.3) is 0 Å². The number of aliphatic carboxylic acids is 1. The maximum Gasteiger partial charge on any atom is 0.426 e. The number of amides is 7. The number of hydrogen-bond donors (Lipinski definition) is 13. The van der Waals surface area contributed by atoms with Gasteiger partial charge in [-0.25, -0.2) is 20.0 Å². The molecule has 1 unspecified atom stereocenters. The van der Waals surface area contributed by atoms with E-state index >= 15 is 0 Å². The molecule has 0 spiro atoms. The smallest absolute Gasteiger partial charge is 0.426 e. The number of nitrogens with zero attached hydrogens (tertiary/aromatic N) is 3. The fourth-order valence-corrected chi connectivity index (χ4v) is 12.5. The molecule has 1 aliphatic rings. The minimum absolute atomic E-state index is 0.00204. The summed E-state index contributed by atoms with van der Waals surface area (Å²) in [6.45, 7) is 12.3. The Morgan fingerprint density at radius 2 is 1.52 bits per heavy atom. The maximum absolute atomic E-state index is 15.0. The molecule has 2 heterocycles. The van der Waals surface area contributed by atoms with Crippen molar-refractivity contribution in [2.75, 3.05) is 51.6 Å². The van der Waals surface area contributed by atoms with Crippen molar-refractivity contribution >= 4 is 92.4 Å². The Bertz CT molecular complexity index is 2700. The standard InChI is InChI=1S/C60H95N9O20S3/c1-10-14-49(76)88-32-69(58(83)50(34(5)11-2)65-56(82)43-15-12-13-22-68(43)9)44(33(3)4)27-47(89-37(8)71)57-64-41(30-90-57)55(81)62-39(26-38-17-19-40(72)20-18-38)25-36(7)54(80)66-67-60(86)87-23-24-91-92-31-42(59(84)85)63-53(79)35(6)16-21-48(75)61-28-45(73)51(77)52(78)46(74)29-70/h17-20,30,33-36,39,42-47,50-52,70,72-74,77-78H,10-16,21-29,31-32H2,1-9H3,(H,61,75)(H,62,81)(H,63,79)(H,65,82)(H,66,80)(H,67,86)(H,84,85)/t34?,35-,36-,39+,42-,43+,44+,45-,46+,47+,50-,51+,52+/m0/s1. The van der Waals surface area contributed by atoms with Gasteiger partial charge in [0.2, 0.25) is 29.5 Å². The number of carboxylic acid groups (broad SMARTS) is 1. The molecule has 0 aliphatic carbocycles. The summed E-state index contributed by atoms with van der Waals surface area (Å²) in [4.78, 5) is 140. The lowest BCUT2D eigenvalue weighted by Crippen LogP contribution is -2.59. The van der Waals surface area contributed by atoms with Gasteiger partial charge in [-0.15, -0.1) is 11.3 Å². The molecule has 13 N–H and O–H groups in total. The number of aliphatic hydroxyl groups is 5. The highest BCUT2D eigenvalue weighted by molar-refractivity contribution is 8.76. The summed E-state index contributed by atoms with van der Waals surface area (Å²) < 4.78 is 16.7. The minimum atomic E-state index is -1.88. The first-order valence-electron chi connectivity index (χ1n) is 30.8. The van der Waals surface area contributed by atoms with Gasteiger partial charge in [0.25, 0.3) is 5.91 Å². The van der Waals surface area contributed by atoms with Gasteiger partial charge in [0.1, 0.15) is 53.5 Å². The van der Waals surface area contributed by atoms with Gasteiger partial charge in [-0.2, -0.15) is 0 Å². The van der Waals surface area contributed by atoms with Crippen LogP contribution in [0.5, 0.6) is 5.75 Å². The second-order valence-corrected chi connectivity index (χ2v) is 26.8. The van der Waals surface area contributed by atoms with E-state index in [1.165, 1.54) is 36.3 Å². The molecule has 0 radical (unpaired) electrons. The quantitative estimate of drug-likeness (QED) is 0.0113. The van der Waals surface area contributed by atoms with E-state index in [0.29, 0.717) is 24.8 Å². The number of benzene rings is 1. The largest absolute Gasteiger partial charge is 0.508 e. The monoisotopic (exact) mass is 1360 g/mol. The van der Waals surface area contributed by atoms with Crippen LogP contribution in [0.2, 0.25) is 0 Å². The third-order valence-electron chi connectivity index (χ3n) is 15.5. The number of thiazole rings is 1. The average Bonchev–Trinajstić information content (AvgIpc) is 1.26. The lowest BCUT2D eigenvalue weighted by molar-refractivity contribution is -0.160. The van der Waals surface area contributed by atoms with Crippen LogP contribution >= 0.6 is 32.9 Å². The lowest BCUT2D eigenvalue weighted by Gasteiger charge is -2.39. The molecule has 1 aliphatic heterocycles. The Morgan fingerprint density at radius 3 is 2.14 bits per heavy atom. The number of ether oxygens (including phenoxy) is 3. The van der Waals surface area contributed by atoms with E-state index in [4.69, 9.17) is 19.3 Å². The van der Waals surface area contributed by atoms with Gasteiger partial charge in [-0.3, -0.25) is 48.7 Å². The number of aliphatic hydroxyl groups excluding tert-OH is 5. The third-order valence-corrected chi connectivity index (χ3v) is 18.8. The highest BCUT2D eigenvalue weighted by Gasteiger charge is 2.40. The number of carbonyl (C=O) groups excluding carboxylic acids is 9. The van der Waals surface area contributed by atoms with Crippen molar-refractivity contribution < 1.29 is 97.9 Å². The Morgan fingerprint density at radius 1 is 0.837 bits per heavy atom. The number of aromatic nitrogens is 1. The first-order chi connectivity index (χ1) is 43.5. The number of hydrogen-bond acceptors (Lipinski definition) is 24. The Balaban J connectivity index is 1.64. The van der Waals surface area contributed by atoms with Crippen molar-refractivity contribution in [3.63, 3.8) is 0 Å². The van der Waals surface area contributed by atoms with Gasteiger partial charge in [0.05, 0.1) is 18.8 Å². The molecule has 7 amide bonds. The zero-order valence-corrected chi connectivity index (χ0v) is 56.2. The van der Waals surface area contributed by atoms with E-state index in [0.717, 1.165) is 52.3 Å². The highest BCUT2D eigenvalue weighted by atomic mass is 33.1. The van der Waals surface area contributed by atoms with Crippen LogP contribution < -0.4 is 32.1 Å². The van der Waals surface area contributed by atoms with Crippen molar-refractivity contribution in [1.82, 2.24) is 46.9 Å². The van der Waals surface area contributed by atoms with Gasteiger partial charge < -0.3 is 76.1 Å². The van der Waals surface area contributed by atoms with E-state index < -0.39 is 146 Å². The van der Waals surface area contributed by atoms with Crippen molar-refractivity contribution in [2.45, 2.75) is 187 Å². The van der Waals surface area contributed by atoms with E-state index in [1.54, 1.807) is 19.1 Å². The fourth-order valence-electron chi connectivity index (χ4n) is 9.65. The van der Waals surface area contributed by atoms with Crippen LogP contribution in [0.15, 0.2) is 29.6 Å². The highest BCUT2D eigenvalue weighted by Crippen LogP contribution is 2.32. The summed E-state index contributed by atoms with van der Waals surface area (Å²) in [5, 5.41) is 80.1. The first-order valence-corrected chi connectivity index (χ1v) is 34.2. The number of phenolic OH excluding ortho intramolecular Hbond substituents is 1. The predicted octanol–water partition coefficient (Wildman–Crippen LogP) is 2.06. The summed E-state index contributed by atoms with van der Waals surface area (Å²) in [5.41, 5.74) is 5.11. The second kappa shape index (κ2) is 41.3. The molecular weight excluding hydrogens is 1260 g/mol. The number of esters is 2. The number of phenols is 1. The van der Waals surface area contributed by atoms with Crippen molar-refractivity contribution in [3.8, 4) is 5.75 Å². The van der Waals surface area contributed by atoms with E-state index in [2.05, 4.69) is 37.1 Å². The van der Waals surface area contributed by atoms with Gasteiger partial charge >= 0.3 is 24.0 Å². The second-order valence-electron chi connectivity index (χ2n) is 23.3. The number of likely N-dealkylation sites (tertiary alicyclic amines) is 1. The van der Waals surface area contributed by atoms with Gasteiger partial charge in [0.15, 0.2) is 12.8 Å². The molecule has 0 bridgehead atoms. The number of rotatable bonds is 40. The summed E-state index contributed by atoms with van der Waals surface area (Å²) in [7, 11) is 4.07. The number of nitrogens with one attached hydrogen (secondary N) is 6. The van der Waals surface area contributed by atoms with Crippen LogP contribution in [-0.4, -0.2) is 216 Å². The Kier molecular flexibility index (Phi) is 35.9. The summed E-state index contributed by atoms with van der Waals surface area (Å²) in [5.74, 6) is -8.15. The maximum atomic E-state index is 15.0. The molecule has 2 aromatic rings. The molecule has 1 saturated heterocycles. The van der Waals surface area contributed by atoms with Crippen LogP contribution in [0, 0.1) is 23.7 Å². The normalized spacial score (nSPS) is 17.3. The molecule has 32 heteroatoms. The van der Waals surface area contributed by atoms with Crippen LogP contribution in [0.1, 0.15) is 147 Å². The number of likely N-dealkylation sites (N-methyl/N-ethyl adjacent to an activating group) is 1. The number of piperidine rings is 1. The Hall–Kier alpha value is -6.39. The van der Waals surface area contributed by atoms with Crippen LogP contribution in [0.4, 0.5) is 4.79 Å². The summed E-state index contributed by atoms with van der Waals surface area (Å²) in [6.07, 6.45) is -5.80. The number of carbonyl (C=O) groups is 10. The minimum Gasteiger partial charge on any atom is -0.508 e. The summed E-state index contributed by atoms with van der Waals surface area (Å²) in [6, 6.07) is 1.96. The van der Waals surface area contributed by atoms with Gasteiger partial charge in [-0.05, 0) is 81.6 Å². The van der Waals surface area contributed by atoms with E-state index in [1.807, 2.05) is 46.6 Å². The zero-order chi connectivity index (χ0) is 68.8. The lowest BCUT2D eigenvalue weighted by atomic mass is 9.92. The third kappa shape index (κ3) is 27.7. The molecule has 3 rings (SSSR count). The molecule has 0 saturated carbocycles. The zero-order valence-electron chi connectivity index (χ0n) is 53.7. The molecule has 518 valence electrons. The van der Waals surface area contributed by atoms with E-state index in [-0.39, 0.29) is 90.8 Å². The SMILES string of the molecule is CCCC(=O)OCN(C(=O)[C@@H](NC(=O)[C@H]1CCCCN1C)C(C)CC)[C@H](C[C@@H](OC(C)=O)c1nc(C(=O)N[C@@H](Cc2ccc(O)cc2)C[C@H](C)C(=O)NNC(=O)OCCSSC[C@H](NC(=O)[C@@H](C)CCC(=O)NC[C@H](O)[C@@H](O)[C@H](O)[C@H](O)CO)C(=O)O)cs1)C(C)C. The van der Waals surface area contributed by atoms with Gasteiger partial charge in [-0.1, -0.05) is 95.0 Å². The number of hydrazine groups is 1. The predicted molar refractivity (Wildman–Crippen MR) is 341 cm³/mol. The van der Waals surface area contributed by atoms with Crippen molar-refractivity contribution in [3.05, 3.63) is 45.9 Å². The molecular formula is C60H95N9O20S3. The molecule has 92 heavy (non-hydrogen) atoms. The van der Waals surface area contributed by atoms with Crippen LogP contribution in [0.3, 0.4) is 0 Å². The first kappa shape index (κ1) is 79.8. The average molecular weight is 1360 g/mol. The van der Waals surface area contributed by atoms with Crippen molar-refractivity contribution in [1.29, 1.82) is 0 Å². The molecule has 13 atom stereocenters. The number of carboxylic acids is 1. The van der Waals surface area contributed by atoms with Gasteiger partial charge in [0, 0.05) is 73.5 Å². The molecule has 1 aromatic carbocycles. The van der Waals surface area contributed by atoms with E-state index in [9.17, 15) is 78.6 Å². The fraction of sp³-hybridized carbons (Fsp3) is 0.683. The summed E-state index contributed by atoms with van der Waals surface area (Å²) >= 11 is 1.03. The number of aromatic hydroxyl groups is 1.